The highest BCUT2D eigenvalue weighted by Gasteiger charge is 2.01. The summed E-state index contributed by atoms with van der Waals surface area (Å²) in [5, 5.41) is 11.0. The van der Waals surface area contributed by atoms with Crippen LogP contribution in [0.25, 0.3) is 0 Å². The van der Waals surface area contributed by atoms with Crippen LogP contribution in [0.4, 0.5) is 4.39 Å². The van der Waals surface area contributed by atoms with Crippen molar-refractivity contribution in [2.45, 2.75) is 33.2 Å². The summed E-state index contributed by atoms with van der Waals surface area (Å²) in [7, 11) is 1.76. The molecule has 1 aromatic carbocycles. The normalized spacial score (nSPS) is 11.0. The Morgan fingerprint density at radius 3 is 2.41 bits per heavy atom. The van der Waals surface area contributed by atoms with Gasteiger partial charge >= 0.3 is 0 Å². The molecule has 2 aromatic rings. The first-order valence-electron chi connectivity index (χ1n) is 8.92. The lowest BCUT2D eigenvalue weighted by molar-refractivity contribution is 0.310. The summed E-state index contributed by atoms with van der Waals surface area (Å²) in [6.07, 6.45) is 1.79. The molecule has 2 rings (SSSR count). The first-order chi connectivity index (χ1) is 12.6. The highest BCUT2D eigenvalue weighted by atomic mass is 127. The summed E-state index contributed by atoms with van der Waals surface area (Å²) in [6, 6.07) is 8.14. The number of aryl methyl sites for hydroxylation is 3. The first kappa shape index (κ1) is 23.2. The van der Waals surface area contributed by atoms with Gasteiger partial charge in [-0.1, -0.05) is 0 Å². The van der Waals surface area contributed by atoms with Crippen LogP contribution in [-0.2, 0) is 6.54 Å². The Morgan fingerprint density at radius 2 is 1.81 bits per heavy atom. The number of nitrogens with zero attached hydrogens (tertiary/aromatic N) is 3. The van der Waals surface area contributed by atoms with E-state index in [1.165, 1.54) is 17.8 Å². The Labute approximate surface area is 177 Å². The topological polar surface area (TPSA) is 63.5 Å². The number of aliphatic imine (C=N–C) groups is 1. The smallest absolute Gasteiger partial charge is 0.190 e. The van der Waals surface area contributed by atoms with Crippen LogP contribution < -0.4 is 15.4 Å². The van der Waals surface area contributed by atoms with Crippen molar-refractivity contribution in [3.05, 3.63) is 47.5 Å². The van der Waals surface area contributed by atoms with Crippen LogP contribution in [0.2, 0.25) is 0 Å². The second-order valence-electron chi connectivity index (χ2n) is 6.09. The number of rotatable bonds is 9. The molecule has 1 aromatic heterocycles. The maximum absolute atomic E-state index is 12.8. The monoisotopic (exact) mass is 489 g/mol. The van der Waals surface area contributed by atoms with Gasteiger partial charge in [-0.25, -0.2) is 4.39 Å². The fraction of sp³-hybridized carbons (Fsp3) is 0.474. The van der Waals surface area contributed by atoms with E-state index in [0.29, 0.717) is 12.4 Å². The minimum Gasteiger partial charge on any atom is -0.494 e. The van der Waals surface area contributed by atoms with Gasteiger partial charge < -0.3 is 15.4 Å². The summed E-state index contributed by atoms with van der Waals surface area (Å²) >= 11 is 0. The van der Waals surface area contributed by atoms with Crippen LogP contribution in [-0.4, -0.2) is 42.5 Å². The Morgan fingerprint density at radius 1 is 1.15 bits per heavy atom. The number of benzene rings is 1. The maximum Gasteiger partial charge on any atom is 0.190 e. The standard InChI is InChI=1S/C19H28FN5O.HI/c1-15-14-16(2)25(24-15)12-4-10-22-19(21-3)23-11-5-13-26-18-8-6-17(20)7-9-18;/h6-9,14H,4-5,10-13H2,1-3H3,(H2,21,22,23);1H. The average Bonchev–Trinajstić information content (AvgIpc) is 2.95. The van der Waals surface area contributed by atoms with Crippen molar-refractivity contribution >= 4 is 29.9 Å². The molecule has 0 aliphatic rings. The molecule has 0 amide bonds. The lowest BCUT2D eigenvalue weighted by atomic mass is 10.3. The zero-order chi connectivity index (χ0) is 18.8. The van der Waals surface area contributed by atoms with E-state index in [-0.39, 0.29) is 29.8 Å². The number of aromatic nitrogens is 2. The quantitative estimate of drug-likeness (QED) is 0.246. The van der Waals surface area contributed by atoms with E-state index in [4.69, 9.17) is 4.74 Å². The van der Waals surface area contributed by atoms with E-state index >= 15 is 0 Å². The van der Waals surface area contributed by atoms with Gasteiger partial charge in [0.25, 0.3) is 0 Å². The Bertz CT molecular complexity index is 703. The average molecular weight is 489 g/mol. The lowest BCUT2D eigenvalue weighted by Crippen LogP contribution is -2.38. The highest BCUT2D eigenvalue weighted by molar-refractivity contribution is 14.0. The molecule has 0 aliphatic heterocycles. The molecule has 1 heterocycles. The number of ether oxygens (including phenoxy) is 1. The third-order valence-electron chi connectivity index (χ3n) is 3.86. The number of guanidine groups is 1. The van der Waals surface area contributed by atoms with Crippen LogP contribution >= 0.6 is 24.0 Å². The molecule has 8 heteroatoms. The van der Waals surface area contributed by atoms with Crippen molar-refractivity contribution < 1.29 is 9.13 Å². The Hall–Kier alpha value is -1.84. The molecular weight excluding hydrogens is 460 g/mol. The van der Waals surface area contributed by atoms with Crippen molar-refractivity contribution in [1.82, 2.24) is 20.4 Å². The van der Waals surface area contributed by atoms with Gasteiger partial charge in [-0.3, -0.25) is 9.67 Å². The van der Waals surface area contributed by atoms with Gasteiger partial charge in [0.2, 0.25) is 0 Å². The molecule has 0 saturated heterocycles. The van der Waals surface area contributed by atoms with Crippen LogP contribution in [0.1, 0.15) is 24.2 Å². The SMILES string of the molecule is CN=C(NCCCOc1ccc(F)cc1)NCCCn1nc(C)cc1C.I. The van der Waals surface area contributed by atoms with E-state index in [1.54, 1.807) is 19.2 Å². The van der Waals surface area contributed by atoms with Gasteiger partial charge in [0.1, 0.15) is 11.6 Å². The second-order valence-corrected chi connectivity index (χ2v) is 6.09. The van der Waals surface area contributed by atoms with Crippen LogP contribution in [0.3, 0.4) is 0 Å². The molecule has 27 heavy (non-hydrogen) atoms. The molecule has 0 radical (unpaired) electrons. The minimum atomic E-state index is -0.258. The number of hydrogen-bond acceptors (Lipinski definition) is 3. The third kappa shape index (κ3) is 8.59. The largest absolute Gasteiger partial charge is 0.494 e. The molecule has 6 nitrogen and oxygen atoms in total. The molecule has 0 saturated carbocycles. The Kier molecular flexibility index (Phi) is 10.8. The molecule has 0 aliphatic carbocycles. The zero-order valence-electron chi connectivity index (χ0n) is 16.2. The van der Waals surface area contributed by atoms with Gasteiger partial charge in [-0.2, -0.15) is 5.10 Å². The molecule has 0 atom stereocenters. The third-order valence-corrected chi connectivity index (χ3v) is 3.86. The van der Waals surface area contributed by atoms with Crippen LogP contribution in [0, 0.1) is 19.7 Å². The van der Waals surface area contributed by atoms with Crippen LogP contribution in [0.15, 0.2) is 35.3 Å². The lowest BCUT2D eigenvalue weighted by Gasteiger charge is -2.12. The zero-order valence-corrected chi connectivity index (χ0v) is 18.5. The van der Waals surface area contributed by atoms with E-state index in [1.807, 2.05) is 11.6 Å². The summed E-state index contributed by atoms with van der Waals surface area (Å²) in [5.74, 6) is 1.20. The summed E-state index contributed by atoms with van der Waals surface area (Å²) in [5.41, 5.74) is 2.24. The molecular formula is C19H29FIN5O. The number of halogens is 2. The summed E-state index contributed by atoms with van der Waals surface area (Å²) in [6.45, 7) is 7.10. The van der Waals surface area contributed by atoms with Crippen molar-refractivity contribution in [2.24, 2.45) is 4.99 Å². The molecule has 150 valence electrons. The molecule has 2 N–H and O–H groups in total. The number of hydrogen-bond donors (Lipinski definition) is 2. The van der Waals surface area contributed by atoms with Gasteiger partial charge in [0.15, 0.2) is 5.96 Å². The molecule has 0 bridgehead atoms. The fourth-order valence-electron chi connectivity index (χ4n) is 2.56. The Balaban J connectivity index is 0.00000364. The van der Waals surface area contributed by atoms with Gasteiger partial charge in [-0.05, 0) is 57.0 Å². The highest BCUT2D eigenvalue weighted by Crippen LogP contribution is 2.10. The van der Waals surface area contributed by atoms with E-state index < -0.39 is 0 Å². The van der Waals surface area contributed by atoms with Gasteiger partial charge in [0.05, 0.1) is 12.3 Å². The van der Waals surface area contributed by atoms with Crippen molar-refractivity contribution in [3.8, 4) is 5.75 Å². The van der Waals surface area contributed by atoms with Crippen molar-refractivity contribution in [2.75, 3.05) is 26.7 Å². The molecule has 0 spiro atoms. The van der Waals surface area contributed by atoms with E-state index in [2.05, 4.69) is 33.7 Å². The fourth-order valence-corrected chi connectivity index (χ4v) is 2.56. The summed E-state index contributed by atoms with van der Waals surface area (Å²) < 4.78 is 20.4. The van der Waals surface area contributed by atoms with Gasteiger partial charge in [-0.15, -0.1) is 24.0 Å². The van der Waals surface area contributed by atoms with Crippen LogP contribution in [0.5, 0.6) is 5.75 Å². The first-order valence-corrected chi connectivity index (χ1v) is 8.92. The number of nitrogens with one attached hydrogen (secondary N) is 2. The predicted octanol–water partition coefficient (Wildman–Crippen LogP) is 3.28. The molecule has 0 fully saturated rings. The maximum atomic E-state index is 12.8. The summed E-state index contributed by atoms with van der Waals surface area (Å²) in [4.78, 5) is 4.21. The van der Waals surface area contributed by atoms with E-state index in [9.17, 15) is 4.39 Å². The van der Waals surface area contributed by atoms with Gasteiger partial charge in [0, 0.05) is 32.4 Å². The second kappa shape index (κ2) is 12.5. The molecule has 0 unspecified atom stereocenters. The van der Waals surface area contributed by atoms with E-state index in [0.717, 1.165) is 44.1 Å². The van der Waals surface area contributed by atoms with Crippen molar-refractivity contribution in [1.29, 1.82) is 0 Å². The predicted molar refractivity (Wildman–Crippen MR) is 118 cm³/mol. The minimum absolute atomic E-state index is 0. The van der Waals surface area contributed by atoms with Crippen molar-refractivity contribution in [3.63, 3.8) is 0 Å².